The van der Waals surface area contributed by atoms with Crippen molar-refractivity contribution in [3.05, 3.63) is 42.2 Å². The zero-order valence-corrected chi connectivity index (χ0v) is 7.73. The van der Waals surface area contributed by atoms with E-state index in [0.29, 0.717) is 0 Å². The van der Waals surface area contributed by atoms with Crippen LogP contribution in [0.15, 0.2) is 42.2 Å². The van der Waals surface area contributed by atoms with Gasteiger partial charge in [0.05, 0.1) is 12.2 Å². The summed E-state index contributed by atoms with van der Waals surface area (Å²) >= 11 is 0. The molecule has 13 heavy (non-hydrogen) atoms. The Kier molecular flexibility index (Phi) is 2.21. The summed E-state index contributed by atoms with van der Waals surface area (Å²) in [6, 6.07) is 10.1. The van der Waals surface area contributed by atoms with Crippen LogP contribution in [0.5, 0.6) is 0 Å². The van der Waals surface area contributed by atoms with E-state index in [-0.39, 0.29) is 0 Å². The van der Waals surface area contributed by atoms with Crippen molar-refractivity contribution < 1.29 is 4.84 Å². The number of para-hydroxylation sites is 1. The van der Waals surface area contributed by atoms with Crippen molar-refractivity contribution in [1.82, 2.24) is 0 Å². The number of nitrogens with zero attached hydrogens (tertiary/aromatic N) is 1. The normalized spacial score (nSPS) is 16.4. The molecule has 68 valence electrons. The van der Waals surface area contributed by atoms with E-state index >= 15 is 0 Å². The lowest BCUT2D eigenvalue weighted by atomic mass is 10.2. The second-order valence-corrected chi connectivity index (χ2v) is 3.26. The molecule has 0 spiro atoms. The average Bonchev–Trinajstić information content (AvgIpc) is 2.20. The highest BCUT2D eigenvalue weighted by atomic mass is 16.7. The van der Waals surface area contributed by atoms with Gasteiger partial charge in [0, 0.05) is 0 Å². The molecule has 0 saturated heterocycles. The molecule has 0 aliphatic carbocycles. The van der Waals surface area contributed by atoms with Crippen LogP contribution in [0, 0.1) is 0 Å². The lowest BCUT2D eigenvalue weighted by Crippen LogP contribution is -2.25. The maximum atomic E-state index is 5.45. The number of hydrogen-bond donors (Lipinski definition) is 0. The van der Waals surface area contributed by atoms with E-state index in [0.717, 1.165) is 18.7 Å². The summed E-state index contributed by atoms with van der Waals surface area (Å²) in [4.78, 5) is 5.45. The molecule has 0 atom stereocenters. The molecule has 1 aliphatic rings. The molecule has 1 aromatic carbocycles. The monoisotopic (exact) mass is 175 g/mol. The van der Waals surface area contributed by atoms with Gasteiger partial charge in [-0.15, -0.1) is 0 Å². The second-order valence-electron chi connectivity index (χ2n) is 3.26. The minimum absolute atomic E-state index is 0.937. The standard InChI is InChI=1S/C11H13NO/c1-10-7-8-12(13-9-10)11-5-3-2-4-6-11/h2-6,9H,7-8H2,1H3. The van der Waals surface area contributed by atoms with Crippen LogP contribution in [0.2, 0.25) is 0 Å². The lowest BCUT2D eigenvalue weighted by molar-refractivity contribution is 0.198. The highest BCUT2D eigenvalue weighted by Crippen LogP contribution is 2.19. The highest BCUT2D eigenvalue weighted by Gasteiger charge is 2.10. The molecule has 2 heteroatoms. The summed E-state index contributed by atoms with van der Waals surface area (Å²) in [7, 11) is 0. The number of rotatable bonds is 1. The molecular formula is C11H13NO. The van der Waals surface area contributed by atoms with Gasteiger partial charge >= 0.3 is 0 Å². The van der Waals surface area contributed by atoms with Gasteiger partial charge < -0.3 is 4.84 Å². The fraction of sp³-hybridized carbons (Fsp3) is 0.273. The Labute approximate surface area is 78.4 Å². The third kappa shape index (κ3) is 1.83. The molecule has 0 bridgehead atoms. The van der Waals surface area contributed by atoms with Crippen molar-refractivity contribution in [2.75, 3.05) is 11.6 Å². The first-order valence-electron chi connectivity index (χ1n) is 4.51. The number of hydrogen-bond acceptors (Lipinski definition) is 2. The molecule has 0 unspecified atom stereocenters. The molecule has 0 fully saturated rings. The van der Waals surface area contributed by atoms with Crippen molar-refractivity contribution in [3.8, 4) is 0 Å². The molecule has 0 amide bonds. The van der Waals surface area contributed by atoms with Crippen LogP contribution in [-0.2, 0) is 4.84 Å². The zero-order valence-electron chi connectivity index (χ0n) is 7.73. The van der Waals surface area contributed by atoms with Gasteiger partial charge in [0.2, 0.25) is 0 Å². The molecule has 2 nitrogen and oxygen atoms in total. The van der Waals surface area contributed by atoms with Crippen molar-refractivity contribution >= 4 is 5.69 Å². The maximum absolute atomic E-state index is 5.45. The molecule has 0 saturated carbocycles. The SMILES string of the molecule is CC1=CON(c2ccccc2)CC1. The topological polar surface area (TPSA) is 12.5 Å². The average molecular weight is 175 g/mol. The van der Waals surface area contributed by atoms with Crippen LogP contribution in [0.25, 0.3) is 0 Å². The van der Waals surface area contributed by atoms with E-state index in [1.807, 2.05) is 29.5 Å². The fourth-order valence-corrected chi connectivity index (χ4v) is 1.33. The first-order chi connectivity index (χ1) is 6.36. The van der Waals surface area contributed by atoms with Crippen LogP contribution in [0.4, 0.5) is 5.69 Å². The Morgan fingerprint density at radius 1 is 1.23 bits per heavy atom. The maximum Gasteiger partial charge on any atom is 0.118 e. The van der Waals surface area contributed by atoms with E-state index in [4.69, 9.17) is 4.84 Å². The van der Waals surface area contributed by atoms with Crippen LogP contribution >= 0.6 is 0 Å². The summed E-state index contributed by atoms with van der Waals surface area (Å²) in [6.45, 7) is 3.02. The van der Waals surface area contributed by atoms with Crippen LogP contribution < -0.4 is 5.06 Å². The van der Waals surface area contributed by atoms with E-state index < -0.39 is 0 Å². The van der Waals surface area contributed by atoms with Gasteiger partial charge in [0.25, 0.3) is 0 Å². The molecule has 0 radical (unpaired) electrons. The van der Waals surface area contributed by atoms with Gasteiger partial charge in [-0.1, -0.05) is 18.2 Å². The fourth-order valence-electron chi connectivity index (χ4n) is 1.33. The predicted octanol–water partition coefficient (Wildman–Crippen LogP) is 2.73. The van der Waals surface area contributed by atoms with Crippen LogP contribution in [0.3, 0.4) is 0 Å². The van der Waals surface area contributed by atoms with E-state index in [9.17, 15) is 0 Å². The van der Waals surface area contributed by atoms with Crippen LogP contribution in [0.1, 0.15) is 13.3 Å². The van der Waals surface area contributed by atoms with E-state index in [2.05, 4.69) is 19.1 Å². The summed E-state index contributed by atoms with van der Waals surface area (Å²) in [5, 5.41) is 1.91. The molecule has 2 rings (SSSR count). The van der Waals surface area contributed by atoms with Gasteiger partial charge in [-0.25, -0.2) is 5.06 Å². The summed E-state index contributed by atoms with van der Waals surface area (Å²) < 4.78 is 0. The number of hydroxylamine groups is 1. The van der Waals surface area contributed by atoms with Crippen molar-refractivity contribution in [1.29, 1.82) is 0 Å². The second kappa shape index (κ2) is 3.52. The quantitative estimate of drug-likeness (QED) is 0.650. The Bertz CT molecular complexity index is 305. The van der Waals surface area contributed by atoms with Crippen molar-refractivity contribution in [2.24, 2.45) is 0 Å². The molecular weight excluding hydrogens is 162 g/mol. The Morgan fingerprint density at radius 3 is 2.62 bits per heavy atom. The lowest BCUT2D eigenvalue weighted by Gasteiger charge is -2.26. The van der Waals surface area contributed by atoms with E-state index in [1.54, 1.807) is 0 Å². The number of anilines is 1. The molecule has 0 N–H and O–H groups in total. The minimum atomic E-state index is 0.937. The Hall–Kier alpha value is -1.44. The third-order valence-electron chi connectivity index (χ3n) is 2.13. The molecule has 1 aromatic rings. The first-order valence-corrected chi connectivity index (χ1v) is 4.51. The third-order valence-corrected chi connectivity index (χ3v) is 2.13. The first kappa shape index (κ1) is 8.17. The predicted molar refractivity (Wildman–Crippen MR) is 53.2 cm³/mol. The highest BCUT2D eigenvalue weighted by molar-refractivity contribution is 5.44. The van der Waals surface area contributed by atoms with Gasteiger partial charge in [0.15, 0.2) is 0 Å². The minimum Gasteiger partial charge on any atom is -0.387 e. The smallest absolute Gasteiger partial charge is 0.118 e. The Morgan fingerprint density at radius 2 is 2.00 bits per heavy atom. The van der Waals surface area contributed by atoms with Crippen molar-refractivity contribution in [2.45, 2.75) is 13.3 Å². The van der Waals surface area contributed by atoms with E-state index in [1.165, 1.54) is 5.57 Å². The summed E-state index contributed by atoms with van der Waals surface area (Å²) in [6.07, 6.45) is 2.89. The molecule has 1 heterocycles. The summed E-state index contributed by atoms with van der Waals surface area (Å²) in [5.74, 6) is 0. The Balaban J connectivity index is 2.12. The molecule has 1 aliphatic heterocycles. The van der Waals surface area contributed by atoms with Gasteiger partial charge in [0.1, 0.15) is 6.26 Å². The van der Waals surface area contributed by atoms with Gasteiger partial charge in [-0.2, -0.15) is 0 Å². The molecule has 0 aromatic heterocycles. The summed E-state index contributed by atoms with van der Waals surface area (Å²) in [5.41, 5.74) is 2.42. The van der Waals surface area contributed by atoms with Gasteiger partial charge in [-0.3, -0.25) is 0 Å². The largest absolute Gasteiger partial charge is 0.387 e. The van der Waals surface area contributed by atoms with Gasteiger partial charge in [-0.05, 0) is 31.1 Å². The zero-order chi connectivity index (χ0) is 9.10. The van der Waals surface area contributed by atoms with Crippen LogP contribution in [-0.4, -0.2) is 6.54 Å². The van der Waals surface area contributed by atoms with Crippen molar-refractivity contribution in [3.63, 3.8) is 0 Å². The number of benzene rings is 1.